The fourth-order valence-corrected chi connectivity index (χ4v) is 2.30. The highest BCUT2D eigenvalue weighted by atomic mass is 79.9. The first-order valence-electron chi connectivity index (χ1n) is 5.50. The van der Waals surface area contributed by atoms with Crippen molar-refractivity contribution in [2.75, 3.05) is 5.32 Å². The van der Waals surface area contributed by atoms with E-state index >= 15 is 0 Å². The van der Waals surface area contributed by atoms with Crippen LogP contribution in [0.15, 0.2) is 34.9 Å². The molecule has 7 heteroatoms. The fourth-order valence-electron chi connectivity index (χ4n) is 1.53. The minimum Gasteiger partial charge on any atom is -0.324 e. The van der Waals surface area contributed by atoms with E-state index in [9.17, 15) is 4.79 Å². The summed E-state index contributed by atoms with van der Waals surface area (Å²) in [4.78, 5) is 15.8. The molecule has 0 saturated carbocycles. The first kappa shape index (κ1) is 15.6. The van der Waals surface area contributed by atoms with Gasteiger partial charge >= 0.3 is 0 Å². The van der Waals surface area contributed by atoms with Crippen LogP contribution in [0.2, 0.25) is 15.2 Å². The van der Waals surface area contributed by atoms with E-state index in [1.54, 1.807) is 24.3 Å². The first-order chi connectivity index (χ1) is 9.45. The molecule has 3 nitrogen and oxygen atoms in total. The van der Waals surface area contributed by atoms with Crippen molar-refractivity contribution in [2.24, 2.45) is 0 Å². The van der Waals surface area contributed by atoms with Crippen LogP contribution in [0.4, 0.5) is 5.69 Å². The zero-order chi connectivity index (χ0) is 14.7. The first-order valence-corrected chi connectivity index (χ1v) is 7.43. The van der Waals surface area contributed by atoms with E-state index < -0.39 is 0 Å². The molecule has 0 atom stereocenters. The van der Waals surface area contributed by atoms with Crippen LogP contribution in [0.25, 0.3) is 0 Å². The van der Waals surface area contributed by atoms with Crippen molar-refractivity contribution >= 4 is 62.3 Å². The molecule has 104 valence electrons. The van der Waals surface area contributed by atoms with E-state index in [2.05, 4.69) is 26.2 Å². The lowest BCUT2D eigenvalue weighted by molar-refractivity contribution is -0.115. The molecular formula is C13H8BrCl3N2O. The Morgan fingerprint density at radius 3 is 2.60 bits per heavy atom. The van der Waals surface area contributed by atoms with Gasteiger partial charge in [0.1, 0.15) is 5.15 Å². The summed E-state index contributed by atoms with van der Waals surface area (Å²) in [6.45, 7) is 0. The van der Waals surface area contributed by atoms with Gasteiger partial charge in [0.2, 0.25) is 5.91 Å². The molecule has 0 aliphatic rings. The smallest absolute Gasteiger partial charge is 0.228 e. The van der Waals surface area contributed by atoms with Crippen LogP contribution in [-0.2, 0) is 11.2 Å². The lowest BCUT2D eigenvalue weighted by atomic mass is 10.1. The normalized spacial score (nSPS) is 10.4. The van der Waals surface area contributed by atoms with Crippen molar-refractivity contribution in [3.05, 3.63) is 55.7 Å². The summed E-state index contributed by atoms with van der Waals surface area (Å²) in [7, 11) is 0. The molecule has 0 saturated heterocycles. The topological polar surface area (TPSA) is 42.0 Å². The van der Waals surface area contributed by atoms with Gasteiger partial charge in [0.05, 0.1) is 32.8 Å². The van der Waals surface area contributed by atoms with Gasteiger partial charge in [0.25, 0.3) is 0 Å². The summed E-state index contributed by atoms with van der Waals surface area (Å²) in [6, 6.07) is 6.76. The molecule has 0 aliphatic heterocycles. The predicted molar refractivity (Wildman–Crippen MR) is 85.7 cm³/mol. The Labute approximate surface area is 139 Å². The van der Waals surface area contributed by atoms with Crippen molar-refractivity contribution in [3.63, 3.8) is 0 Å². The minimum absolute atomic E-state index is 0.181. The van der Waals surface area contributed by atoms with Crippen LogP contribution in [-0.4, -0.2) is 10.9 Å². The molecule has 0 bridgehead atoms. The molecular weight excluding hydrogens is 386 g/mol. The van der Waals surface area contributed by atoms with E-state index in [0.29, 0.717) is 25.4 Å². The maximum Gasteiger partial charge on any atom is 0.228 e. The molecule has 0 aliphatic carbocycles. The van der Waals surface area contributed by atoms with Gasteiger partial charge in [-0.2, -0.15) is 0 Å². The minimum atomic E-state index is -0.181. The number of hydrogen-bond acceptors (Lipinski definition) is 2. The second kappa shape index (κ2) is 6.76. The van der Waals surface area contributed by atoms with E-state index in [0.717, 1.165) is 5.56 Å². The molecule has 20 heavy (non-hydrogen) atoms. The number of nitrogens with zero attached hydrogens (tertiary/aromatic N) is 1. The zero-order valence-electron chi connectivity index (χ0n) is 9.96. The standard InChI is InChI=1S/C13H8BrCl3N2O/c14-9-5-8(6-18-13(9)17)19-12(20)4-7-1-2-10(15)11(16)3-7/h1-3,5-6H,4H2,(H,19,20). The van der Waals surface area contributed by atoms with Crippen LogP contribution >= 0.6 is 50.7 Å². The number of hydrogen-bond donors (Lipinski definition) is 1. The number of halogens is 4. The Kier molecular flexibility index (Phi) is 5.27. The molecule has 1 N–H and O–H groups in total. The average molecular weight is 394 g/mol. The summed E-state index contributed by atoms with van der Waals surface area (Å²) < 4.78 is 0.617. The maximum absolute atomic E-state index is 11.9. The van der Waals surface area contributed by atoms with E-state index in [-0.39, 0.29) is 12.3 Å². The molecule has 0 radical (unpaired) electrons. The highest BCUT2D eigenvalue weighted by Gasteiger charge is 2.08. The SMILES string of the molecule is O=C(Cc1ccc(Cl)c(Cl)c1)Nc1cnc(Cl)c(Br)c1. The molecule has 1 amide bonds. The van der Waals surface area contributed by atoms with E-state index in [1.165, 1.54) is 6.20 Å². The van der Waals surface area contributed by atoms with Gasteiger partial charge in [-0.25, -0.2) is 4.98 Å². The van der Waals surface area contributed by atoms with Crippen LogP contribution in [0.1, 0.15) is 5.56 Å². The molecule has 0 spiro atoms. The lowest BCUT2D eigenvalue weighted by Gasteiger charge is -2.06. The van der Waals surface area contributed by atoms with E-state index in [1.807, 2.05) is 0 Å². The number of carbonyl (C=O) groups is 1. The van der Waals surface area contributed by atoms with Crippen molar-refractivity contribution in [1.29, 1.82) is 0 Å². The Bertz CT molecular complexity index is 609. The molecule has 1 heterocycles. The fraction of sp³-hybridized carbons (Fsp3) is 0.0769. The third-order valence-corrected chi connectivity index (χ3v) is 4.30. The molecule has 1 aromatic carbocycles. The Hall–Kier alpha value is -0.810. The second-order valence-electron chi connectivity index (χ2n) is 3.97. The lowest BCUT2D eigenvalue weighted by Crippen LogP contribution is -2.14. The number of aromatic nitrogens is 1. The van der Waals surface area contributed by atoms with Gasteiger partial charge in [0, 0.05) is 0 Å². The van der Waals surface area contributed by atoms with Gasteiger partial charge in [-0.1, -0.05) is 40.9 Å². The predicted octanol–water partition coefficient (Wildman–Crippen LogP) is 4.99. The number of benzene rings is 1. The largest absolute Gasteiger partial charge is 0.324 e. The Morgan fingerprint density at radius 2 is 1.95 bits per heavy atom. The van der Waals surface area contributed by atoms with Crippen LogP contribution < -0.4 is 5.32 Å². The summed E-state index contributed by atoms with van der Waals surface area (Å²) in [5.41, 5.74) is 1.34. The number of rotatable bonds is 3. The zero-order valence-corrected chi connectivity index (χ0v) is 13.8. The Morgan fingerprint density at radius 1 is 1.20 bits per heavy atom. The monoisotopic (exact) mass is 392 g/mol. The summed E-state index contributed by atoms with van der Waals surface area (Å²) in [5, 5.41) is 3.95. The third kappa shape index (κ3) is 4.09. The Balaban J connectivity index is 2.04. The number of amides is 1. The molecule has 1 aromatic heterocycles. The van der Waals surface area contributed by atoms with E-state index in [4.69, 9.17) is 34.8 Å². The number of pyridine rings is 1. The van der Waals surface area contributed by atoms with Crippen LogP contribution in [0.3, 0.4) is 0 Å². The highest BCUT2D eigenvalue weighted by molar-refractivity contribution is 9.10. The van der Waals surface area contributed by atoms with Crippen molar-refractivity contribution < 1.29 is 4.79 Å². The second-order valence-corrected chi connectivity index (χ2v) is 6.00. The van der Waals surface area contributed by atoms with Gasteiger partial charge in [-0.3, -0.25) is 4.79 Å². The number of carbonyl (C=O) groups excluding carboxylic acids is 1. The third-order valence-electron chi connectivity index (χ3n) is 2.43. The highest BCUT2D eigenvalue weighted by Crippen LogP contribution is 2.24. The average Bonchev–Trinajstić information content (AvgIpc) is 2.38. The van der Waals surface area contributed by atoms with Crippen LogP contribution in [0, 0.1) is 0 Å². The van der Waals surface area contributed by atoms with Crippen molar-refractivity contribution in [3.8, 4) is 0 Å². The molecule has 2 rings (SSSR count). The number of anilines is 1. The van der Waals surface area contributed by atoms with Gasteiger partial charge in [-0.15, -0.1) is 0 Å². The van der Waals surface area contributed by atoms with Crippen molar-refractivity contribution in [2.45, 2.75) is 6.42 Å². The number of nitrogens with one attached hydrogen (secondary N) is 1. The maximum atomic E-state index is 11.9. The summed E-state index contributed by atoms with van der Waals surface area (Å²) in [5.74, 6) is -0.181. The van der Waals surface area contributed by atoms with Crippen molar-refractivity contribution in [1.82, 2.24) is 4.98 Å². The summed E-state index contributed by atoms with van der Waals surface area (Å²) >= 11 is 20.7. The van der Waals surface area contributed by atoms with Gasteiger partial charge in [-0.05, 0) is 39.7 Å². The summed E-state index contributed by atoms with van der Waals surface area (Å²) in [6.07, 6.45) is 1.68. The molecule has 0 fully saturated rings. The van der Waals surface area contributed by atoms with Crippen LogP contribution in [0.5, 0.6) is 0 Å². The van der Waals surface area contributed by atoms with Gasteiger partial charge in [0.15, 0.2) is 0 Å². The van der Waals surface area contributed by atoms with Gasteiger partial charge < -0.3 is 5.32 Å². The quantitative estimate of drug-likeness (QED) is 0.746. The molecule has 2 aromatic rings. The molecule has 0 unspecified atom stereocenters.